The topological polar surface area (TPSA) is 12.0 Å². The molecule has 0 amide bonds. The normalized spacial score (nSPS) is 35.8. The zero-order valence-electron chi connectivity index (χ0n) is 10.0. The smallest absolute Gasteiger partial charge is 0.00435 e. The average Bonchev–Trinajstić information content (AvgIpc) is 2.14. The lowest BCUT2D eigenvalue weighted by Crippen LogP contribution is -2.45. The molecule has 0 aromatic rings. The second-order valence-corrected chi connectivity index (χ2v) is 6.38. The summed E-state index contributed by atoms with van der Waals surface area (Å²) in [5.74, 6) is 0.938. The molecule has 0 radical (unpaired) electrons. The lowest BCUT2D eigenvalue weighted by molar-refractivity contribution is 0.0110. The molecule has 1 atom stereocenters. The zero-order chi connectivity index (χ0) is 10.2. The van der Waals surface area contributed by atoms with Crippen LogP contribution in [0.25, 0.3) is 0 Å². The van der Waals surface area contributed by atoms with Crippen LogP contribution in [0.1, 0.15) is 52.9 Å². The van der Waals surface area contributed by atoms with Crippen molar-refractivity contribution in [2.24, 2.45) is 16.7 Å². The third-order valence-corrected chi connectivity index (χ3v) is 4.80. The molecule has 0 aromatic carbocycles. The van der Waals surface area contributed by atoms with Crippen molar-refractivity contribution in [3.8, 4) is 0 Å². The van der Waals surface area contributed by atoms with Crippen LogP contribution in [0, 0.1) is 16.7 Å². The van der Waals surface area contributed by atoms with Crippen LogP contribution in [0.15, 0.2) is 0 Å². The standard InChI is InChI=1S/C13H25N/c1-11-10-12(2,3)4-5-13(11)6-8-14-9-7-13/h11,14H,4-10H2,1-3H3. The van der Waals surface area contributed by atoms with Gasteiger partial charge in [-0.25, -0.2) is 0 Å². The molecule has 0 aromatic heterocycles. The van der Waals surface area contributed by atoms with Gasteiger partial charge < -0.3 is 5.32 Å². The highest BCUT2D eigenvalue weighted by molar-refractivity contribution is 4.95. The Hall–Kier alpha value is -0.0400. The molecule has 2 fully saturated rings. The molecule has 1 aliphatic heterocycles. The van der Waals surface area contributed by atoms with Crippen LogP contribution in [-0.4, -0.2) is 13.1 Å². The second kappa shape index (κ2) is 3.52. The summed E-state index contributed by atoms with van der Waals surface area (Å²) in [5.41, 5.74) is 1.32. The fourth-order valence-electron chi connectivity index (χ4n) is 3.65. The highest BCUT2D eigenvalue weighted by Crippen LogP contribution is 2.52. The van der Waals surface area contributed by atoms with Crippen molar-refractivity contribution >= 4 is 0 Å². The predicted octanol–water partition coefficient (Wildman–Crippen LogP) is 3.20. The minimum absolute atomic E-state index is 0.607. The summed E-state index contributed by atoms with van der Waals surface area (Å²) in [6.45, 7) is 9.89. The zero-order valence-corrected chi connectivity index (χ0v) is 10.0. The summed E-state index contributed by atoms with van der Waals surface area (Å²) >= 11 is 0. The van der Waals surface area contributed by atoms with E-state index in [2.05, 4.69) is 26.1 Å². The number of hydrogen-bond acceptors (Lipinski definition) is 1. The largest absolute Gasteiger partial charge is 0.317 e. The van der Waals surface area contributed by atoms with Gasteiger partial charge in [0.15, 0.2) is 0 Å². The van der Waals surface area contributed by atoms with Crippen molar-refractivity contribution in [1.29, 1.82) is 0 Å². The van der Waals surface area contributed by atoms with Gasteiger partial charge >= 0.3 is 0 Å². The fourth-order valence-corrected chi connectivity index (χ4v) is 3.65. The maximum Gasteiger partial charge on any atom is -0.00435 e. The highest BCUT2D eigenvalue weighted by atomic mass is 14.9. The van der Waals surface area contributed by atoms with E-state index in [0.29, 0.717) is 10.8 Å². The van der Waals surface area contributed by atoms with E-state index >= 15 is 0 Å². The molecule has 1 aliphatic carbocycles. The van der Waals surface area contributed by atoms with Gasteiger partial charge in [-0.3, -0.25) is 0 Å². The van der Waals surface area contributed by atoms with Crippen LogP contribution >= 0.6 is 0 Å². The van der Waals surface area contributed by atoms with Gasteiger partial charge in [-0.05, 0) is 61.9 Å². The summed E-state index contributed by atoms with van der Waals surface area (Å²) in [4.78, 5) is 0. The Morgan fingerprint density at radius 2 is 1.64 bits per heavy atom. The summed E-state index contributed by atoms with van der Waals surface area (Å²) in [6.07, 6.45) is 7.20. The maximum atomic E-state index is 3.50. The Labute approximate surface area is 88.7 Å². The predicted molar refractivity (Wildman–Crippen MR) is 61.3 cm³/mol. The molecule has 1 N–H and O–H groups in total. The molecular weight excluding hydrogens is 170 g/mol. The molecule has 1 nitrogen and oxygen atoms in total. The lowest BCUT2D eigenvalue weighted by Gasteiger charge is -2.50. The third kappa shape index (κ3) is 1.84. The van der Waals surface area contributed by atoms with E-state index in [4.69, 9.17) is 0 Å². The van der Waals surface area contributed by atoms with Crippen molar-refractivity contribution in [1.82, 2.24) is 5.32 Å². The Morgan fingerprint density at radius 3 is 2.21 bits per heavy atom. The van der Waals surface area contributed by atoms with Crippen LogP contribution in [0.5, 0.6) is 0 Å². The summed E-state index contributed by atoms with van der Waals surface area (Å²) in [6, 6.07) is 0. The molecule has 1 spiro atoms. The minimum atomic E-state index is 0.607. The van der Waals surface area contributed by atoms with E-state index in [1.807, 2.05) is 0 Å². The van der Waals surface area contributed by atoms with E-state index in [0.717, 1.165) is 5.92 Å². The third-order valence-electron chi connectivity index (χ3n) is 4.80. The first-order valence-electron chi connectivity index (χ1n) is 6.25. The van der Waals surface area contributed by atoms with Crippen LogP contribution in [-0.2, 0) is 0 Å². The van der Waals surface area contributed by atoms with Crippen LogP contribution < -0.4 is 5.32 Å². The van der Waals surface area contributed by atoms with Crippen molar-refractivity contribution in [2.75, 3.05) is 13.1 Å². The first-order chi connectivity index (χ1) is 6.54. The quantitative estimate of drug-likeness (QED) is 0.626. The van der Waals surface area contributed by atoms with Crippen molar-refractivity contribution in [3.05, 3.63) is 0 Å². The Bertz CT molecular complexity index is 201. The van der Waals surface area contributed by atoms with Crippen LogP contribution in [0.2, 0.25) is 0 Å². The molecule has 82 valence electrons. The first kappa shape index (κ1) is 10.5. The van der Waals surface area contributed by atoms with Gasteiger partial charge in [0, 0.05) is 0 Å². The van der Waals surface area contributed by atoms with Gasteiger partial charge in [0.2, 0.25) is 0 Å². The number of piperidine rings is 1. The van der Waals surface area contributed by atoms with Gasteiger partial charge in [0.05, 0.1) is 0 Å². The second-order valence-electron chi connectivity index (χ2n) is 6.38. The fraction of sp³-hybridized carbons (Fsp3) is 1.00. The van der Waals surface area contributed by atoms with Crippen molar-refractivity contribution in [2.45, 2.75) is 52.9 Å². The van der Waals surface area contributed by atoms with Crippen LogP contribution in [0.3, 0.4) is 0 Å². The van der Waals surface area contributed by atoms with E-state index in [1.54, 1.807) is 0 Å². The average molecular weight is 195 g/mol. The van der Waals surface area contributed by atoms with Gasteiger partial charge in [0.1, 0.15) is 0 Å². The van der Waals surface area contributed by atoms with E-state index in [9.17, 15) is 0 Å². The van der Waals surface area contributed by atoms with Gasteiger partial charge in [0.25, 0.3) is 0 Å². The SMILES string of the molecule is CC1CC(C)(C)CCC12CCNCC2. The minimum Gasteiger partial charge on any atom is -0.317 e. The Balaban J connectivity index is 2.06. The molecule has 2 aliphatic rings. The molecule has 14 heavy (non-hydrogen) atoms. The number of rotatable bonds is 0. The van der Waals surface area contributed by atoms with Gasteiger partial charge in [-0.15, -0.1) is 0 Å². The van der Waals surface area contributed by atoms with Gasteiger partial charge in [-0.1, -0.05) is 20.8 Å². The summed E-state index contributed by atoms with van der Waals surface area (Å²) < 4.78 is 0. The van der Waals surface area contributed by atoms with Crippen LogP contribution in [0.4, 0.5) is 0 Å². The molecule has 1 saturated carbocycles. The highest BCUT2D eigenvalue weighted by Gasteiger charge is 2.43. The number of nitrogens with one attached hydrogen (secondary N) is 1. The molecule has 1 saturated heterocycles. The summed E-state index contributed by atoms with van der Waals surface area (Å²) in [5, 5.41) is 3.50. The lowest BCUT2D eigenvalue weighted by atomic mass is 9.56. The van der Waals surface area contributed by atoms with Crippen molar-refractivity contribution < 1.29 is 0 Å². The first-order valence-corrected chi connectivity index (χ1v) is 6.25. The molecular formula is C13H25N. The molecule has 1 unspecified atom stereocenters. The molecule has 2 rings (SSSR count). The molecule has 1 heteroatoms. The monoisotopic (exact) mass is 195 g/mol. The van der Waals surface area contributed by atoms with Gasteiger partial charge in [-0.2, -0.15) is 0 Å². The Morgan fingerprint density at radius 1 is 1.00 bits per heavy atom. The maximum absolute atomic E-state index is 3.50. The van der Waals surface area contributed by atoms with Crippen molar-refractivity contribution in [3.63, 3.8) is 0 Å². The summed E-state index contributed by atoms with van der Waals surface area (Å²) in [7, 11) is 0. The molecule has 1 heterocycles. The van der Waals surface area contributed by atoms with E-state index < -0.39 is 0 Å². The Kier molecular flexibility index (Phi) is 2.63. The van der Waals surface area contributed by atoms with E-state index in [-0.39, 0.29) is 0 Å². The van der Waals surface area contributed by atoms with E-state index in [1.165, 1.54) is 45.2 Å². The molecule has 0 bridgehead atoms. The number of hydrogen-bond donors (Lipinski definition) is 1.